The van der Waals surface area contributed by atoms with Crippen molar-refractivity contribution in [2.45, 2.75) is 19.0 Å². The number of hydrogen-bond acceptors (Lipinski definition) is 4. The van der Waals surface area contributed by atoms with Gasteiger partial charge in [0.1, 0.15) is 16.6 Å². The van der Waals surface area contributed by atoms with Crippen molar-refractivity contribution < 1.29 is 0 Å². The summed E-state index contributed by atoms with van der Waals surface area (Å²) in [5, 5.41) is 17.8. The van der Waals surface area contributed by atoms with Crippen molar-refractivity contribution in [3.05, 3.63) is 23.2 Å². The Morgan fingerprint density at radius 1 is 1.50 bits per heavy atom. The SMILES string of the molecule is CC(N)(C#N)Cn1nc2ccc(Cl)cc2n1. The fraction of sp³-hybridized carbons (Fsp3) is 0.300. The average Bonchev–Trinajstić information content (AvgIpc) is 2.58. The fourth-order valence-electron chi connectivity index (χ4n) is 1.33. The molecule has 1 atom stereocenters. The molecule has 0 aliphatic carbocycles. The molecule has 1 unspecified atom stereocenters. The van der Waals surface area contributed by atoms with Crippen LogP contribution in [0.25, 0.3) is 11.0 Å². The van der Waals surface area contributed by atoms with E-state index in [0.717, 1.165) is 5.52 Å². The normalized spacial score (nSPS) is 14.6. The third kappa shape index (κ3) is 2.13. The van der Waals surface area contributed by atoms with Gasteiger partial charge < -0.3 is 5.73 Å². The topological polar surface area (TPSA) is 80.5 Å². The van der Waals surface area contributed by atoms with Gasteiger partial charge >= 0.3 is 0 Å². The number of nitrogens with two attached hydrogens (primary N) is 1. The van der Waals surface area contributed by atoms with Gasteiger partial charge in [-0.25, -0.2) is 0 Å². The highest BCUT2D eigenvalue weighted by molar-refractivity contribution is 6.31. The highest BCUT2D eigenvalue weighted by Crippen LogP contribution is 2.16. The second-order valence-electron chi connectivity index (χ2n) is 3.89. The quantitative estimate of drug-likeness (QED) is 0.852. The van der Waals surface area contributed by atoms with Gasteiger partial charge in [0.2, 0.25) is 0 Å². The molecule has 0 saturated heterocycles. The molecule has 16 heavy (non-hydrogen) atoms. The van der Waals surface area contributed by atoms with Crippen LogP contribution >= 0.6 is 11.6 Å². The zero-order valence-corrected chi connectivity index (χ0v) is 9.44. The van der Waals surface area contributed by atoms with Crippen molar-refractivity contribution in [1.29, 1.82) is 5.26 Å². The van der Waals surface area contributed by atoms with Gasteiger partial charge in [0.25, 0.3) is 0 Å². The van der Waals surface area contributed by atoms with E-state index in [-0.39, 0.29) is 6.54 Å². The molecule has 0 aliphatic heterocycles. The first-order valence-electron chi connectivity index (χ1n) is 4.71. The largest absolute Gasteiger partial charge is 0.312 e. The maximum absolute atomic E-state index is 8.81. The van der Waals surface area contributed by atoms with Crippen molar-refractivity contribution in [3.63, 3.8) is 0 Å². The molecule has 1 heterocycles. The van der Waals surface area contributed by atoms with Crippen LogP contribution in [0.5, 0.6) is 0 Å². The smallest absolute Gasteiger partial charge is 0.122 e. The highest BCUT2D eigenvalue weighted by Gasteiger charge is 2.19. The molecule has 0 amide bonds. The number of halogens is 1. The Hall–Kier alpha value is -1.64. The third-order valence-electron chi connectivity index (χ3n) is 2.11. The van der Waals surface area contributed by atoms with Crippen LogP contribution in [0.15, 0.2) is 18.2 Å². The molecule has 0 aliphatic rings. The lowest BCUT2D eigenvalue weighted by Gasteiger charge is -2.13. The molecule has 2 rings (SSSR count). The number of fused-ring (bicyclic) bond motifs is 1. The Morgan fingerprint density at radius 3 is 2.88 bits per heavy atom. The molecule has 0 saturated carbocycles. The van der Waals surface area contributed by atoms with E-state index in [1.54, 1.807) is 25.1 Å². The molecule has 1 aromatic carbocycles. The zero-order chi connectivity index (χ0) is 11.8. The molecular weight excluding hydrogens is 226 g/mol. The average molecular weight is 236 g/mol. The van der Waals surface area contributed by atoms with Crippen LogP contribution < -0.4 is 5.73 Å². The van der Waals surface area contributed by atoms with Crippen molar-refractivity contribution in [2.24, 2.45) is 5.73 Å². The third-order valence-corrected chi connectivity index (χ3v) is 2.34. The molecule has 6 heteroatoms. The predicted octanol–water partition coefficient (Wildman–Crippen LogP) is 1.33. The van der Waals surface area contributed by atoms with Crippen LogP contribution in [0.2, 0.25) is 5.02 Å². The van der Waals surface area contributed by atoms with Gasteiger partial charge in [0.05, 0.1) is 12.6 Å². The first kappa shape index (κ1) is 10.9. The molecule has 2 N–H and O–H groups in total. The van der Waals surface area contributed by atoms with Crippen molar-refractivity contribution >= 4 is 22.6 Å². The predicted molar refractivity (Wildman–Crippen MR) is 60.7 cm³/mol. The number of nitrogens with zero attached hydrogens (tertiary/aromatic N) is 4. The maximum Gasteiger partial charge on any atom is 0.122 e. The van der Waals surface area contributed by atoms with E-state index in [4.69, 9.17) is 22.6 Å². The lowest BCUT2D eigenvalue weighted by atomic mass is 10.1. The Bertz CT molecular complexity index is 566. The van der Waals surface area contributed by atoms with E-state index < -0.39 is 5.54 Å². The Kier molecular flexibility index (Phi) is 2.54. The molecule has 0 spiro atoms. The number of hydrogen-bond donors (Lipinski definition) is 1. The molecule has 0 bridgehead atoms. The van der Waals surface area contributed by atoms with Gasteiger partial charge in [-0.1, -0.05) is 11.6 Å². The molecule has 5 nitrogen and oxygen atoms in total. The number of nitriles is 1. The Balaban J connectivity index is 2.38. The minimum absolute atomic E-state index is 0.246. The molecule has 0 fully saturated rings. The van der Waals surface area contributed by atoms with E-state index in [1.807, 2.05) is 6.07 Å². The van der Waals surface area contributed by atoms with Gasteiger partial charge in [-0.05, 0) is 25.1 Å². The lowest BCUT2D eigenvalue weighted by Crippen LogP contribution is -2.39. The summed E-state index contributed by atoms with van der Waals surface area (Å²) in [5.41, 5.74) is 6.17. The highest BCUT2D eigenvalue weighted by atomic mass is 35.5. The minimum atomic E-state index is -0.973. The van der Waals surface area contributed by atoms with E-state index in [0.29, 0.717) is 10.5 Å². The molecule has 82 valence electrons. The Morgan fingerprint density at radius 2 is 2.19 bits per heavy atom. The summed E-state index contributed by atoms with van der Waals surface area (Å²) in [4.78, 5) is 1.42. The molecule has 2 aromatic rings. The van der Waals surface area contributed by atoms with E-state index >= 15 is 0 Å². The van der Waals surface area contributed by atoms with Gasteiger partial charge in [-0.2, -0.15) is 20.3 Å². The van der Waals surface area contributed by atoms with Crippen LogP contribution in [-0.2, 0) is 6.54 Å². The van der Waals surface area contributed by atoms with Crippen LogP contribution in [-0.4, -0.2) is 20.5 Å². The van der Waals surface area contributed by atoms with Crippen molar-refractivity contribution in [1.82, 2.24) is 15.0 Å². The fourth-order valence-corrected chi connectivity index (χ4v) is 1.50. The van der Waals surface area contributed by atoms with Gasteiger partial charge in [0, 0.05) is 5.02 Å². The summed E-state index contributed by atoms with van der Waals surface area (Å²) in [6.45, 7) is 1.88. The first-order valence-corrected chi connectivity index (χ1v) is 5.08. The minimum Gasteiger partial charge on any atom is -0.312 e. The summed E-state index contributed by atoms with van der Waals surface area (Å²) in [7, 11) is 0. The lowest BCUT2D eigenvalue weighted by molar-refractivity contribution is 0.423. The summed E-state index contributed by atoms with van der Waals surface area (Å²) in [6, 6.07) is 7.24. The second kappa shape index (κ2) is 3.74. The van der Waals surface area contributed by atoms with Gasteiger partial charge in [-0.15, -0.1) is 0 Å². The summed E-state index contributed by atoms with van der Waals surface area (Å²) < 4.78 is 0. The monoisotopic (exact) mass is 235 g/mol. The standard InChI is InChI=1S/C10H10ClN5/c1-10(13,5-12)6-16-14-8-3-2-7(11)4-9(8)15-16/h2-4H,6,13H2,1H3. The van der Waals surface area contributed by atoms with E-state index in [9.17, 15) is 0 Å². The number of rotatable bonds is 2. The molecule has 0 radical (unpaired) electrons. The maximum atomic E-state index is 8.81. The summed E-state index contributed by atoms with van der Waals surface area (Å²) in [5.74, 6) is 0. The molecular formula is C10H10ClN5. The van der Waals surface area contributed by atoms with Crippen LogP contribution in [0.4, 0.5) is 0 Å². The molecule has 1 aromatic heterocycles. The first-order chi connectivity index (χ1) is 7.50. The van der Waals surface area contributed by atoms with Crippen molar-refractivity contribution in [3.8, 4) is 6.07 Å². The summed E-state index contributed by atoms with van der Waals surface area (Å²) in [6.07, 6.45) is 0. The van der Waals surface area contributed by atoms with Gasteiger partial charge in [0.15, 0.2) is 0 Å². The zero-order valence-electron chi connectivity index (χ0n) is 8.68. The second-order valence-corrected chi connectivity index (χ2v) is 4.33. The Labute approximate surface area is 97.4 Å². The van der Waals surface area contributed by atoms with Crippen LogP contribution in [0.1, 0.15) is 6.92 Å². The van der Waals surface area contributed by atoms with Crippen molar-refractivity contribution in [2.75, 3.05) is 0 Å². The van der Waals surface area contributed by atoms with Gasteiger partial charge in [-0.3, -0.25) is 0 Å². The van der Waals surface area contributed by atoms with Crippen LogP contribution in [0, 0.1) is 11.3 Å². The number of aromatic nitrogens is 3. The van der Waals surface area contributed by atoms with E-state index in [1.165, 1.54) is 4.80 Å². The summed E-state index contributed by atoms with van der Waals surface area (Å²) >= 11 is 5.83. The van der Waals surface area contributed by atoms with Crippen LogP contribution in [0.3, 0.4) is 0 Å². The van der Waals surface area contributed by atoms with E-state index in [2.05, 4.69) is 10.2 Å². The number of benzene rings is 1.